The van der Waals surface area contributed by atoms with Crippen LogP contribution < -0.4 is 0 Å². The van der Waals surface area contributed by atoms with Crippen LogP contribution in [-0.2, 0) is 9.84 Å². The first kappa shape index (κ1) is 15.1. The molecule has 2 rings (SSSR count). The van der Waals surface area contributed by atoms with Crippen molar-refractivity contribution in [3.05, 3.63) is 53.1 Å². The van der Waals surface area contributed by atoms with Gasteiger partial charge in [-0.3, -0.25) is 4.79 Å². The lowest BCUT2D eigenvalue weighted by Gasteiger charge is -2.06. The molecule has 0 radical (unpaired) electrons. The van der Waals surface area contributed by atoms with Gasteiger partial charge in [-0.25, -0.2) is 8.42 Å². The van der Waals surface area contributed by atoms with Gasteiger partial charge in [0.05, 0.1) is 4.90 Å². The predicted molar refractivity (Wildman–Crippen MR) is 80.5 cm³/mol. The van der Waals surface area contributed by atoms with E-state index in [4.69, 9.17) is 11.6 Å². The zero-order valence-corrected chi connectivity index (χ0v) is 12.9. The molecule has 0 atom stereocenters. The Balaban J connectivity index is 2.29. The van der Waals surface area contributed by atoms with Gasteiger partial charge in [0.25, 0.3) is 0 Å². The van der Waals surface area contributed by atoms with E-state index < -0.39 is 9.84 Å². The highest BCUT2D eigenvalue weighted by Gasteiger charge is 2.08. The smallest absolute Gasteiger partial charge is 0.175 e. The van der Waals surface area contributed by atoms with Crippen LogP contribution in [0.25, 0.3) is 0 Å². The van der Waals surface area contributed by atoms with E-state index in [1.165, 1.54) is 18.0 Å². The molecule has 6 heteroatoms. The van der Waals surface area contributed by atoms with Crippen molar-refractivity contribution in [1.29, 1.82) is 0 Å². The fraction of sp³-hybridized carbons (Fsp3) is 0.0714. The van der Waals surface area contributed by atoms with Crippen molar-refractivity contribution in [2.24, 2.45) is 0 Å². The van der Waals surface area contributed by atoms with Crippen LogP contribution in [0.1, 0.15) is 10.4 Å². The molecule has 0 aliphatic rings. The Labute approximate surface area is 126 Å². The van der Waals surface area contributed by atoms with Crippen molar-refractivity contribution in [3.63, 3.8) is 0 Å². The molecule has 3 nitrogen and oxygen atoms in total. The van der Waals surface area contributed by atoms with Gasteiger partial charge in [0.2, 0.25) is 0 Å². The highest BCUT2D eigenvalue weighted by atomic mass is 35.5. The third kappa shape index (κ3) is 3.62. The number of sulfone groups is 1. The molecule has 0 aliphatic carbocycles. The molecule has 0 heterocycles. The summed E-state index contributed by atoms with van der Waals surface area (Å²) in [7, 11) is -3.19. The molecule has 104 valence electrons. The molecule has 0 saturated heterocycles. The Hall–Kier alpha value is -1.30. The van der Waals surface area contributed by atoms with E-state index in [0.717, 1.165) is 16.1 Å². The quantitative estimate of drug-likeness (QED) is 0.804. The summed E-state index contributed by atoms with van der Waals surface area (Å²) in [6, 6.07) is 11.6. The van der Waals surface area contributed by atoms with E-state index in [2.05, 4.69) is 0 Å². The van der Waals surface area contributed by atoms with Crippen LogP contribution in [-0.4, -0.2) is 21.0 Å². The van der Waals surface area contributed by atoms with Gasteiger partial charge in [-0.1, -0.05) is 23.4 Å². The van der Waals surface area contributed by atoms with Gasteiger partial charge in [-0.2, -0.15) is 0 Å². The largest absolute Gasteiger partial charge is 0.298 e. The van der Waals surface area contributed by atoms with E-state index >= 15 is 0 Å². The maximum Gasteiger partial charge on any atom is 0.175 e. The number of aldehydes is 1. The molecule has 0 N–H and O–H groups in total. The Kier molecular flexibility index (Phi) is 4.52. The van der Waals surface area contributed by atoms with E-state index in [0.29, 0.717) is 10.6 Å². The summed E-state index contributed by atoms with van der Waals surface area (Å²) in [4.78, 5) is 12.9. The maximum absolute atomic E-state index is 11.4. The van der Waals surface area contributed by atoms with E-state index in [9.17, 15) is 13.2 Å². The lowest BCUT2D eigenvalue weighted by Crippen LogP contribution is -1.96. The van der Waals surface area contributed by atoms with Crippen LogP contribution in [0.4, 0.5) is 0 Å². The lowest BCUT2D eigenvalue weighted by atomic mass is 10.2. The van der Waals surface area contributed by atoms with Crippen LogP contribution in [0.15, 0.2) is 57.2 Å². The summed E-state index contributed by atoms with van der Waals surface area (Å²) in [5.74, 6) is 0. The Morgan fingerprint density at radius 3 is 2.30 bits per heavy atom. The van der Waals surface area contributed by atoms with Crippen molar-refractivity contribution in [1.82, 2.24) is 0 Å². The van der Waals surface area contributed by atoms with Crippen molar-refractivity contribution < 1.29 is 13.2 Å². The number of hydrogen-bond acceptors (Lipinski definition) is 4. The van der Waals surface area contributed by atoms with Crippen LogP contribution >= 0.6 is 23.4 Å². The number of halogens is 1. The normalized spacial score (nSPS) is 11.3. The first-order valence-electron chi connectivity index (χ1n) is 5.63. The second-order valence-electron chi connectivity index (χ2n) is 4.15. The second kappa shape index (κ2) is 5.99. The molecule has 2 aromatic rings. The van der Waals surface area contributed by atoms with Gasteiger partial charge in [0.15, 0.2) is 16.1 Å². The average Bonchev–Trinajstić information content (AvgIpc) is 2.40. The standard InChI is InChI=1S/C14H11ClO3S2/c1-20(17,18)13-5-3-12(4-6-13)19-14-7-2-11(15)8-10(14)9-16/h2-9H,1H3. The lowest BCUT2D eigenvalue weighted by molar-refractivity contribution is 0.112. The molecule has 0 aromatic heterocycles. The van der Waals surface area contributed by atoms with Gasteiger partial charge in [0.1, 0.15) is 0 Å². The molecular weight excluding hydrogens is 316 g/mol. The van der Waals surface area contributed by atoms with Crippen molar-refractivity contribution >= 4 is 39.5 Å². The fourth-order valence-electron chi connectivity index (χ4n) is 1.59. The van der Waals surface area contributed by atoms with Crippen LogP contribution in [0.5, 0.6) is 0 Å². The van der Waals surface area contributed by atoms with E-state index in [1.54, 1.807) is 42.5 Å². The van der Waals surface area contributed by atoms with Crippen LogP contribution in [0.2, 0.25) is 5.02 Å². The van der Waals surface area contributed by atoms with Crippen LogP contribution in [0.3, 0.4) is 0 Å². The summed E-state index contributed by atoms with van der Waals surface area (Å²) in [6.45, 7) is 0. The van der Waals surface area contributed by atoms with E-state index in [-0.39, 0.29) is 4.90 Å². The number of benzene rings is 2. The highest BCUT2D eigenvalue weighted by Crippen LogP contribution is 2.31. The molecular formula is C14H11ClO3S2. The minimum Gasteiger partial charge on any atom is -0.298 e. The number of carbonyl (C=O) groups excluding carboxylic acids is 1. The fourth-order valence-corrected chi connectivity index (χ4v) is 3.28. The van der Waals surface area contributed by atoms with Gasteiger partial charge in [0, 0.05) is 26.6 Å². The zero-order chi connectivity index (χ0) is 14.8. The highest BCUT2D eigenvalue weighted by molar-refractivity contribution is 7.99. The monoisotopic (exact) mass is 326 g/mol. The molecule has 0 unspecified atom stereocenters. The minimum atomic E-state index is -3.19. The summed E-state index contributed by atoms with van der Waals surface area (Å²) < 4.78 is 22.7. The second-order valence-corrected chi connectivity index (χ2v) is 7.71. The van der Waals surface area contributed by atoms with E-state index in [1.807, 2.05) is 0 Å². The molecule has 0 saturated carbocycles. The summed E-state index contributed by atoms with van der Waals surface area (Å²) in [5, 5.41) is 0.504. The Morgan fingerprint density at radius 2 is 1.75 bits per heavy atom. The third-order valence-corrected chi connectivity index (χ3v) is 5.04. The van der Waals surface area contributed by atoms with Crippen molar-refractivity contribution in [3.8, 4) is 0 Å². The molecule has 0 fully saturated rings. The number of hydrogen-bond donors (Lipinski definition) is 0. The average molecular weight is 327 g/mol. The minimum absolute atomic E-state index is 0.272. The molecule has 0 bridgehead atoms. The topological polar surface area (TPSA) is 51.2 Å². The van der Waals surface area contributed by atoms with Crippen molar-refractivity contribution in [2.75, 3.05) is 6.26 Å². The third-order valence-electron chi connectivity index (χ3n) is 2.58. The number of rotatable bonds is 4. The molecule has 0 amide bonds. The summed E-state index contributed by atoms with van der Waals surface area (Å²) in [5.41, 5.74) is 0.509. The SMILES string of the molecule is CS(=O)(=O)c1ccc(Sc2ccc(Cl)cc2C=O)cc1. The maximum atomic E-state index is 11.4. The molecule has 20 heavy (non-hydrogen) atoms. The van der Waals surface area contributed by atoms with Crippen molar-refractivity contribution in [2.45, 2.75) is 14.7 Å². The molecule has 0 aliphatic heterocycles. The summed E-state index contributed by atoms with van der Waals surface area (Å²) in [6.07, 6.45) is 1.91. The first-order valence-corrected chi connectivity index (χ1v) is 8.71. The predicted octanol–water partition coefficient (Wildman–Crippen LogP) is 3.71. The number of carbonyl (C=O) groups is 1. The van der Waals surface area contributed by atoms with Gasteiger partial charge >= 0.3 is 0 Å². The van der Waals surface area contributed by atoms with Gasteiger partial charge in [-0.05, 0) is 42.5 Å². The summed E-state index contributed by atoms with van der Waals surface area (Å²) >= 11 is 7.22. The Morgan fingerprint density at radius 1 is 1.10 bits per heavy atom. The molecule has 2 aromatic carbocycles. The van der Waals surface area contributed by atoms with Gasteiger partial charge < -0.3 is 0 Å². The zero-order valence-electron chi connectivity index (χ0n) is 10.5. The Bertz CT molecular complexity index is 738. The van der Waals surface area contributed by atoms with Gasteiger partial charge in [-0.15, -0.1) is 0 Å². The molecule has 0 spiro atoms. The van der Waals surface area contributed by atoms with Crippen LogP contribution in [0, 0.1) is 0 Å². The first-order chi connectivity index (χ1) is 9.40.